The topological polar surface area (TPSA) is 93.2 Å². The van der Waals surface area contributed by atoms with E-state index < -0.39 is 10.1 Å². The number of benzene rings is 1. The predicted molar refractivity (Wildman–Crippen MR) is 67.8 cm³/mol. The van der Waals surface area contributed by atoms with Gasteiger partial charge in [0.05, 0.1) is 24.1 Å². The maximum atomic E-state index is 10.8. The van der Waals surface area contributed by atoms with Crippen molar-refractivity contribution >= 4 is 31.7 Å². The van der Waals surface area contributed by atoms with Crippen LogP contribution in [0, 0.1) is 11.3 Å². The van der Waals surface area contributed by atoms with Crippen LogP contribution in [0.5, 0.6) is 0 Å². The summed E-state index contributed by atoms with van der Waals surface area (Å²) < 4.78 is 26.8. The highest BCUT2D eigenvalue weighted by atomic mass is 79.9. The van der Waals surface area contributed by atoms with Crippen LogP contribution in [0.4, 0.5) is 5.69 Å². The molecule has 0 bridgehead atoms. The summed E-state index contributed by atoms with van der Waals surface area (Å²) >= 11 is 3.23. The second-order valence-corrected chi connectivity index (χ2v) is 5.93. The zero-order valence-electron chi connectivity index (χ0n) is 9.10. The lowest BCUT2D eigenvalue weighted by Crippen LogP contribution is -2.06. The summed E-state index contributed by atoms with van der Waals surface area (Å²) in [5.41, 5.74) is 7.18. The van der Waals surface area contributed by atoms with Crippen LogP contribution in [-0.4, -0.2) is 21.3 Å². The minimum Gasteiger partial charge on any atom is -0.397 e. The van der Waals surface area contributed by atoms with E-state index in [2.05, 4.69) is 20.1 Å². The number of hydrogen-bond donors (Lipinski definition) is 1. The van der Waals surface area contributed by atoms with Crippen LogP contribution >= 0.6 is 15.9 Å². The van der Waals surface area contributed by atoms with Crippen molar-refractivity contribution in [3.63, 3.8) is 0 Å². The number of nitrogens with two attached hydrogens (primary N) is 1. The second kappa shape index (κ2) is 5.49. The number of hydrogen-bond acceptors (Lipinski definition) is 5. The van der Waals surface area contributed by atoms with Gasteiger partial charge >= 0.3 is 0 Å². The van der Waals surface area contributed by atoms with Crippen LogP contribution in [0.3, 0.4) is 0 Å². The maximum absolute atomic E-state index is 10.8. The molecule has 0 aliphatic rings. The molecule has 0 fully saturated rings. The van der Waals surface area contributed by atoms with E-state index in [9.17, 15) is 8.42 Å². The second-order valence-electron chi connectivity index (χ2n) is 3.43. The third kappa shape index (κ3) is 4.34. The van der Waals surface area contributed by atoms with E-state index in [-0.39, 0.29) is 6.61 Å². The van der Waals surface area contributed by atoms with E-state index in [0.717, 1.165) is 11.8 Å². The molecule has 0 aliphatic carbocycles. The quantitative estimate of drug-likeness (QED) is 0.669. The highest BCUT2D eigenvalue weighted by Gasteiger charge is 2.07. The highest BCUT2D eigenvalue weighted by Crippen LogP contribution is 2.25. The molecular formula is C10H11BrN2O3S. The van der Waals surface area contributed by atoms with Crippen molar-refractivity contribution < 1.29 is 12.6 Å². The summed E-state index contributed by atoms with van der Waals surface area (Å²) in [6, 6.07) is 5.32. The zero-order valence-corrected chi connectivity index (χ0v) is 11.5. The first-order valence-corrected chi connectivity index (χ1v) is 7.27. The Hall–Kier alpha value is -1.10. The fourth-order valence-corrected chi connectivity index (χ4v) is 2.12. The minimum absolute atomic E-state index is 0.0417. The lowest BCUT2D eigenvalue weighted by Gasteiger charge is -2.06. The van der Waals surface area contributed by atoms with Gasteiger partial charge in [0.1, 0.15) is 6.07 Å². The van der Waals surface area contributed by atoms with Gasteiger partial charge in [0.15, 0.2) is 0 Å². The summed E-state index contributed by atoms with van der Waals surface area (Å²) in [6.45, 7) is 0.0417. The molecule has 0 radical (unpaired) electrons. The number of anilines is 1. The van der Waals surface area contributed by atoms with Crippen molar-refractivity contribution in [2.45, 2.75) is 6.42 Å². The molecule has 0 atom stereocenters. The number of nitriles is 1. The molecule has 5 nitrogen and oxygen atoms in total. The number of nitrogens with zero attached hydrogens (tertiary/aromatic N) is 1. The van der Waals surface area contributed by atoms with Gasteiger partial charge < -0.3 is 5.73 Å². The van der Waals surface area contributed by atoms with E-state index in [1.165, 1.54) is 0 Å². The SMILES string of the molecule is CS(=O)(=O)OCCc1cc(Br)c(N)c(C#N)c1. The summed E-state index contributed by atoms with van der Waals surface area (Å²) in [5.74, 6) is 0. The third-order valence-corrected chi connectivity index (χ3v) is 3.25. The van der Waals surface area contributed by atoms with Gasteiger partial charge in [-0.15, -0.1) is 0 Å². The largest absolute Gasteiger partial charge is 0.397 e. The molecule has 0 unspecified atom stereocenters. The molecule has 1 rings (SSSR count). The van der Waals surface area contributed by atoms with Crippen molar-refractivity contribution in [2.75, 3.05) is 18.6 Å². The Balaban J connectivity index is 2.80. The van der Waals surface area contributed by atoms with Gasteiger partial charge in [-0.05, 0) is 40.0 Å². The van der Waals surface area contributed by atoms with Crippen molar-refractivity contribution in [3.8, 4) is 6.07 Å². The predicted octanol–water partition coefficient (Wildman–Crippen LogP) is 1.42. The molecule has 0 spiro atoms. The average molecular weight is 319 g/mol. The van der Waals surface area contributed by atoms with Gasteiger partial charge in [-0.1, -0.05) is 0 Å². The van der Waals surface area contributed by atoms with Gasteiger partial charge in [0.25, 0.3) is 10.1 Å². The van der Waals surface area contributed by atoms with E-state index >= 15 is 0 Å². The molecule has 17 heavy (non-hydrogen) atoms. The van der Waals surface area contributed by atoms with Crippen molar-refractivity contribution in [1.82, 2.24) is 0 Å². The zero-order chi connectivity index (χ0) is 13.1. The molecule has 2 N–H and O–H groups in total. The van der Waals surface area contributed by atoms with Crippen LogP contribution in [0.2, 0.25) is 0 Å². The molecular weight excluding hydrogens is 308 g/mol. The Labute approximate surface area is 108 Å². The molecule has 0 saturated heterocycles. The first-order chi connectivity index (χ1) is 7.83. The molecule has 1 aromatic carbocycles. The Morgan fingerprint density at radius 2 is 2.18 bits per heavy atom. The van der Waals surface area contributed by atoms with Crippen LogP contribution in [0.15, 0.2) is 16.6 Å². The Kier molecular flexibility index (Phi) is 4.51. The lowest BCUT2D eigenvalue weighted by molar-refractivity contribution is 0.326. The van der Waals surface area contributed by atoms with Crippen molar-refractivity contribution in [1.29, 1.82) is 5.26 Å². The van der Waals surface area contributed by atoms with Crippen LogP contribution in [0.25, 0.3) is 0 Å². The van der Waals surface area contributed by atoms with Crippen molar-refractivity contribution in [2.24, 2.45) is 0 Å². The number of halogens is 1. The van der Waals surface area contributed by atoms with Crippen molar-refractivity contribution in [3.05, 3.63) is 27.7 Å². The van der Waals surface area contributed by atoms with Gasteiger partial charge in [-0.3, -0.25) is 4.18 Å². The van der Waals surface area contributed by atoms with Crippen LogP contribution in [-0.2, 0) is 20.7 Å². The van der Waals surface area contributed by atoms with E-state index in [0.29, 0.717) is 22.1 Å². The summed E-state index contributed by atoms with van der Waals surface area (Å²) in [4.78, 5) is 0. The van der Waals surface area contributed by atoms with Crippen LogP contribution in [0.1, 0.15) is 11.1 Å². The van der Waals surface area contributed by atoms with Gasteiger partial charge in [0.2, 0.25) is 0 Å². The van der Waals surface area contributed by atoms with Gasteiger partial charge in [-0.25, -0.2) is 0 Å². The molecule has 0 aromatic heterocycles. The van der Waals surface area contributed by atoms with E-state index in [1.54, 1.807) is 12.1 Å². The number of rotatable bonds is 4. The van der Waals surface area contributed by atoms with E-state index in [4.69, 9.17) is 11.0 Å². The molecule has 7 heteroatoms. The molecule has 0 aliphatic heterocycles. The third-order valence-electron chi connectivity index (χ3n) is 2.00. The first-order valence-electron chi connectivity index (χ1n) is 4.66. The maximum Gasteiger partial charge on any atom is 0.264 e. The smallest absolute Gasteiger partial charge is 0.264 e. The van der Waals surface area contributed by atoms with Gasteiger partial charge in [0, 0.05) is 4.47 Å². The minimum atomic E-state index is -3.43. The molecule has 1 aromatic rings. The average Bonchev–Trinajstić information content (AvgIpc) is 2.21. The normalized spacial score (nSPS) is 11.1. The molecule has 92 valence electrons. The fraction of sp³-hybridized carbons (Fsp3) is 0.300. The summed E-state index contributed by atoms with van der Waals surface area (Å²) in [5, 5.41) is 8.84. The Bertz CT molecular complexity index is 564. The molecule has 0 heterocycles. The highest BCUT2D eigenvalue weighted by molar-refractivity contribution is 9.10. The lowest BCUT2D eigenvalue weighted by atomic mass is 10.1. The number of nitrogen functional groups attached to an aromatic ring is 1. The Morgan fingerprint density at radius 1 is 1.53 bits per heavy atom. The first kappa shape index (κ1) is 14.0. The van der Waals surface area contributed by atoms with E-state index in [1.807, 2.05) is 6.07 Å². The monoisotopic (exact) mass is 318 g/mol. The van der Waals surface area contributed by atoms with Crippen LogP contribution < -0.4 is 5.73 Å². The standard InChI is InChI=1S/C10H11BrN2O3S/c1-17(14,15)16-3-2-7-4-8(6-12)10(13)9(11)5-7/h4-5H,2-3,13H2,1H3. The van der Waals surface area contributed by atoms with Gasteiger partial charge in [-0.2, -0.15) is 13.7 Å². The summed E-state index contributed by atoms with van der Waals surface area (Å²) in [6.07, 6.45) is 1.38. The molecule has 0 saturated carbocycles. The summed E-state index contributed by atoms with van der Waals surface area (Å²) in [7, 11) is -3.43. The molecule has 0 amide bonds. The fourth-order valence-electron chi connectivity index (χ4n) is 1.22. The Morgan fingerprint density at radius 3 is 2.71 bits per heavy atom.